The van der Waals surface area contributed by atoms with Crippen LogP contribution in [-0.4, -0.2) is 11.0 Å². The minimum atomic E-state index is 0. The summed E-state index contributed by atoms with van der Waals surface area (Å²) in [5, 5.41) is 0. The maximum Gasteiger partial charge on any atom is 0.0270 e. The number of halogens is 2. The molecule has 12 heavy (non-hydrogen) atoms. The largest absolute Gasteiger partial charge is 0.328 e. The van der Waals surface area contributed by atoms with Crippen LogP contribution in [0.1, 0.15) is 12.5 Å². The summed E-state index contributed by atoms with van der Waals surface area (Å²) in [6.45, 7) is 2.00. The lowest BCUT2D eigenvalue weighted by molar-refractivity contribution is 0.737. The second-order valence-corrected chi connectivity index (χ2v) is 2.54. The Balaban J connectivity index is 0. The molecule has 1 unspecified atom stereocenters. The molecule has 1 heterocycles. The van der Waals surface area contributed by atoms with Gasteiger partial charge in [0, 0.05) is 18.4 Å². The van der Waals surface area contributed by atoms with E-state index in [0.29, 0.717) is 0 Å². The van der Waals surface area contributed by atoms with E-state index in [1.165, 1.54) is 5.56 Å². The highest BCUT2D eigenvalue weighted by molar-refractivity contribution is 8.93. The third kappa shape index (κ3) is 5.69. The van der Waals surface area contributed by atoms with E-state index in [4.69, 9.17) is 5.73 Å². The Morgan fingerprint density at radius 2 is 1.83 bits per heavy atom. The average Bonchev–Trinajstić information content (AvgIpc) is 1.88. The molecule has 1 aromatic heterocycles. The Kier molecular flexibility index (Phi) is 9.37. The van der Waals surface area contributed by atoms with Gasteiger partial charge < -0.3 is 5.73 Å². The van der Waals surface area contributed by atoms with Gasteiger partial charge in [0.05, 0.1) is 0 Å². The van der Waals surface area contributed by atoms with Gasteiger partial charge in [-0.15, -0.1) is 34.0 Å². The quantitative estimate of drug-likeness (QED) is 0.908. The van der Waals surface area contributed by atoms with Crippen molar-refractivity contribution in [1.82, 2.24) is 4.98 Å². The molecule has 0 saturated carbocycles. The van der Waals surface area contributed by atoms with E-state index < -0.39 is 0 Å². The lowest BCUT2D eigenvalue weighted by Crippen LogP contribution is -2.17. The Morgan fingerprint density at radius 1 is 1.33 bits per heavy atom. The van der Waals surface area contributed by atoms with Gasteiger partial charge in [-0.3, -0.25) is 4.98 Å². The van der Waals surface area contributed by atoms with E-state index in [0.717, 1.165) is 6.42 Å². The zero-order valence-corrected chi connectivity index (χ0v) is 10.4. The molecule has 1 rings (SSSR count). The number of aromatic nitrogens is 1. The molecule has 0 saturated heterocycles. The number of nitrogens with two attached hydrogens (primary N) is 1. The number of hydrogen-bond acceptors (Lipinski definition) is 2. The number of hydrogen-bond donors (Lipinski definition) is 1. The van der Waals surface area contributed by atoms with Gasteiger partial charge in [-0.25, -0.2) is 0 Å². The summed E-state index contributed by atoms with van der Waals surface area (Å²) in [6, 6.07) is 4.22. The van der Waals surface area contributed by atoms with E-state index >= 15 is 0 Å². The van der Waals surface area contributed by atoms with Crippen molar-refractivity contribution in [2.24, 2.45) is 5.73 Å². The molecule has 1 aromatic rings. The van der Waals surface area contributed by atoms with Gasteiger partial charge in [-0.1, -0.05) is 0 Å². The molecule has 2 nitrogen and oxygen atoms in total. The summed E-state index contributed by atoms with van der Waals surface area (Å²) < 4.78 is 0. The molecule has 70 valence electrons. The first-order chi connectivity index (χ1) is 4.79. The smallest absolute Gasteiger partial charge is 0.0270 e. The SMILES string of the molecule is Br.Br.CC(N)Cc1ccncc1. The van der Waals surface area contributed by atoms with Crippen LogP contribution >= 0.6 is 34.0 Å². The standard InChI is InChI=1S/C8H12N2.2BrH/c1-7(9)6-8-2-4-10-5-3-8;;/h2-5,7H,6,9H2,1H3;2*1H. The Morgan fingerprint density at radius 3 is 2.25 bits per heavy atom. The van der Waals surface area contributed by atoms with Crippen molar-refractivity contribution in [2.45, 2.75) is 19.4 Å². The van der Waals surface area contributed by atoms with Crippen molar-refractivity contribution in [1.29, 1.82) is 0 Å². The van der Waals surface area contributed by atoms with E-state index in [2.05, 4.69) is 4.98 Å². The highest BCUT2D eigenvalue weighted by Crippen LogP contribution is 1.98. The van der Waals surface area contributed by atoms with E-state index in [-0.39, 0.29) is 40.0 Å². The summed E-state index contributed by atoms with van der Waals surface area (Å²) in [4.78, 5) is 3.91. The van der Waals surface area contributed by atoms with Crippen LogP contribution in [-0.2, 0) is 6.42 Å². The summed E-state index contributed by atoms with van der Waals surface area (Å²) in [6.07, 6.45) is 4.51. The van der Waals surface area contributed by atoms with Crippen LogP contribution in [0.4, 0.5) is 0 Å². The first-order valence-electron chi connectivity index (χ1n) is 3.43. The zero-order valence-electron chi connectivity index (χ0n) is 6.93. The monoisotopic (exact) mass is 296 g/mol. The molecule has 0 aliphatic heterocycles. The van der Waals surface area contributed by atoms with Crippen molar-refractivity contribution in [2.75, 3.05) is 0 Å². The maximum absolute atomic E-state index is 5.60. The van der Waals surface area contributed by atoms with Gasteiger partial charge in [0.2, 0.25) is 0 Å². The van der Waals surface area contributed by atoms with E-state index in [1.54, 1.807) is 12.4 Å². The van der Waals surface area contributed by atoms with Gasteiger partial charge in [0.15, 0.2) is 0 Å². The van der Waals surface area contributed by atoms with E-state index in [1.807, 2.05) is 19.1 Å². The first kappa shape index (κ1) is 14.6. The molecule has 0 amide bonds. The fraction of sp³-hybridized carbons (Fsp3) is 0.375. The topological polar surface area (TPSA) is 38.9 Å². The van der Waals surface area contributed by atoms with Crippen LogP contribution in [0, 0.1) is 0 Å². The van der Waals surface area contributed by atoms with Gasteiger partial charge in [-0.2, -0.15) is 0 Å². The molecule has 0 bridgehead atoms. The van der Waals surface area contributed by atoms with Crippen LogP contribution in [0.2, 0.25) is 0 Å². The van der Waals surface area contributed by atoms with Crippen molar-refractivity contribution in [3.05, 3.63) is 30.1 Å². The zero-order chi connectivity index (χ0) is 7.40. The minimum absolute atomic E-state index is 0. The fourth-order valence-corrected chi connectivity index (χ4v) is 0.891. The van der Waals surface area contributed by atoms with Crippen molar-refractivity contribution in [3.8, 4) is 0 Å². The van der Waals surface area contributed by atoms with Gasteiger partial charge in [-0.05, 0) is 31.0 Å². The minimum Gasteiger partial charge on any atom is -0.328 e. The predicted octanol–water partition coefficient (Wildman–Crippen LogP) is 2.13. The van der Waals surface area contributed by atoms with E-state index in [9.17, 15) is 0 Å². The van der Waals surface area contributed by atoms with Crippen molar-refractivity contribution < 1.29 is 0 Å². The molecule has 1 atom stereocenters. The van der Waals surface area contributed by atoms with Crippen molar-refractivity contribution in [3.63, 3.8) is 0 Å². The second kappa shape index (κ2) is 7.71. The molecular weight excluding hydrogens is 284 g/mol. The Hall–Kier alpha value is 0.0700. The summed E-state index contributed by atoms with van der Waals surface area (Å²) >= 11 is 0. The lowest BCUT2D eigenvalue weighted by Gasteiger charge is -2.02. The average molecular weight is 298 g/mol. The van der Waals surface area contributed by atoms with Gasteiger partial charge in [0.1, 0.15) is 0 Å². The molecule has 4 heteroatoms. The Labute approximate surface area is 94.1 Å². The molecule has 0 aliphatic carbocycles. The van der Waals surface area contributed by atoms with Gasteiger partial charge >= 0.3 is 0 Å². The molecule has 0 aromatic carbocycles. The fourth-order valence-electron chi connectivity index (χ4n) is 0.891. The van der Waals surface area contributed by atoms with Crippen LogP contribution in [0.5, 0.6) is 0 Å². The molecule has 0 spiro atoms. The van der Waals surface area contributed by atoms with Crippen molar-refractivity contribution >= 4 is 34.0 Å². The highest BCUT2D eigenvalue weighted by atomic mass is 79.9. The third-order valence-electron chi connectivity index (χ3n) is 1.31. The molecular formula is C8H14Br2N2. The van der Waals surface area contributed by atoms with Crippen LogP contribution < -0.4 is 5.73 Å². The van der Waals surface area contributed by atoms with Crippen LogP contribution in [0.25, 0.3) is 0 Å². The number of nitrogens with zero attached hydrogens (tertiary/aromatic N) is 1. The molecule has 0 aliphatic rings. The first-order valence-corrected chi connectivity index (χ1v) is 3.43. The second-order valence-electron chi connectivity index (χ2n) is 2.54. The Bertz CT molecular complexity index is 190. The summed E-state index contributed by atoms with van der Waals surface area (Å²) in [5.41, 5.74) is 6.86. The normalized spacial score (nSPS) is 10.8. The molecule has 2 N–H and O–H groups in total. The maximum atomic E-state index is 5.60. The molecule has 0 fully saturated rings. The van der Waals surface area contributed by atoms with Crippen LogP contribution in [0.15, 0.2) is 24.5 Å². The third-order valence-corrected chi connectivity index (χ3v) is 1.31. The summed E-state index contributed by atoms with van der Waals surface area (Å²) in [5.74, 6) is 0. The lowest BCUT2D eigenvalue weighted by atomic mass is 10.1. The number of rotatable bonds is 2. The highest BCUT2D eigenvalue weighted by Gasteiger charge is 1.94. The number of pyridine rings is 1. The molecule has 0 radical (unpaired) electrons. The summed E-state index contributed by atoms with van der Waals surface area (Å²) in [7, 11) is 0. The van der Waals surface area contributed by atoms with Gasteiger partial charge in [0.25, 0.3) is 0 Å². The van der Waals surface area contributed by atoms with Crippen LogP contribution in [0.3, 0.4) is 0 Å². The predicted molar refractivity (Wildman–Crippen MR) is 62.2 cm³/mol.